The number of rotatable bonds is 4. The minimum absolute atomic E-state index is 0. The van der Waals surface area contributed by atoms with Gasteiger partial charge >= 0.3 is 0 Å². The van der Waals surface area contributed by atoms with Gasteiger partial charge in [-0.05, 0) is 19.3 Å². The van der Waals surface area contributed by atoms with Crippen molar-refractivity contribution >= 4 is 42.1 Å². The minimum atomic E-state index is -0.0102. The first-order valence-electron chi connectivity index (χ1n) is 6.17. The van der Waals surface area contributed by atoms with Gasteiger partial charge in [0.2, 0.25) is 5.91 Å². The fourth-order valence-corrected chi connectivity index (χ4v) is 3.11. The highest BCUT2D eigenvalue weighted by molar-refractivity contribution is 7.09. The van der Waals surface area contributed by atoms with Crippen LogP contribution in [0.1, 0.15) is 43.7 Å². The molecule has 1 aliphatic carbocycles. The second-order valence-corrected chi connectivity index (χ2v) is 5.47. The van der Waals surface area contributed by atoms with Crippen molar-refractivity contribution < 1.29 is 4.79 Å². The van der Waals surface area contributed by atoms with Crippen LogP contribution >= 0.6 is 36.2 Å². The van der Waals surface area contributed by atoms with Crippen LogP contribution in [0.5, 0.6) is 0 Å². The fourth-order valence-electron chi connectivity index (χ4n) is 2.34. The van der Waals surface area contributed by atoms with Crippen molar-refractivity contribution in [1.29, 1.82) is 0 Å². The van der Waals surface area contributed by atoms with Gasteiger partial charge in [-0.3, -0.25) is 4.79 Å². The number of thiazole rings is 1. The molecule has 0 bridgehead atoms. The lowest BCUT2D eigenvalue weighted by atomic mass is 10.0. The number of amides is 1. The van der Waals surface area contributed by atoms with Gasteiger partial charge < -0.3 is 11.1 Å². The van der Waals surface area contributed by atoms with Gasteiger partial charge in [0.05, 0.1) is 12.0 Å². The van der Waals surface area contributed by atoms with Crippen molar-refractivity contribution in [3.63, 3.8) is 0 Å². The Balaban J connectivity index is 0.00000162. The monoisotopic (exact) mass is 325 g/mol. The third-order valence-corrected chi connectivity index (χ3v) is 4.27. The highest BCUT2D eigenvalue weighted by atomic mass is 35.5. The molecule has 7 heteroatoms. The number of aromatic nitrogens is 1. The summed E-state index contributed by atoms with van der Waals surface area (Å²) in [5, 5.41) is 5.99. The quantitative estimate of drug-likeness (QED) is 0.894. The predicted molar refractivity (Wildman–Crippen MR) is 83.1 cm³/mol. The summed E-state index contributed by atoms with van der Waals surface area (Å²) in [5.74, 6) is 0.0843. The molecule has 0 spiro atoms. The van der Waals surface area contributed by atoms with Gasteiger partial charge in [-0.25, -0.2) is 4.98 Å². The smallest absolute Gasteiger partial charge is 0.225 e. The van der Waals surface area contributed by atoms with E-state index in [9.17, 15) is 4.79 Å². The highest BCUT2D eigenvalue weighted by Gasteiger charge is 2.31. The Labute approximate surface area is 130 Å². The van der Waals surface area contributed by atoms with E-state index in [0.29, 0.717) is 0 Å². The third kappa shape index (κ3) is 4.60. The summed E-state index contributed by atoms with van der Waals surface area (Å²) in [6.45, 7) is 2.06. The Morgan fingerprint density at radius 3 is 2.79 bits per heavy atom. The lowest BCUT2D eigenvalue weighted by molar-refractivity contribution is -0.126. The summed E-state index contributed by atoms with van der Waals surface area (Å²) in [6.07, 6.45) is 5.58. The molecule has 110 valence electrons. The molecule has 4 nitrogen and oxygen atoms in total. The van der Waals surface area contributed by atoms with E-state index in [0.717, 1.165) is 30.7 Å². The Hall–Kier alpha value is -0.360. The Bertz CT molecular complexity index is 375. The van der Waals surface area contributed by atoms with Crippen molar-refractivity contribution in [1.82, 2.24) is 10.3 Å². The molecule has 1 aromatic rings. The number of carbonyl (C=O) groups excluding carboxylic acids is 1. The minimum Gasteiger partial charge on any atom is -0.347 e. The van der Waals surface area contributed by atoms with Crippen LogP contribution in [0.4, 0.5) is 0 Å². The SMILES string of the molecule is CCC(NC(=O)C1CCCC1N)c1nccs1.Cl.Cl. The summed E-state index contributed by atoms with van der Waals surface area (Å²) in [5.41, 5.74) is 5.94. The van der Waals surface area contributed by atoms with Crippen molar-refractivity contribution in [3.05, 3.63) is 16.6 Å². The molecule has 3 atom stereocenters. The van der Waals surface area contributed by atoms with Crippen LogP contribution in [0.15, 0.2) is 11.6 Å². The Morgan fingerprint density at radius 1 is 1.58 bits per heavy atom. The summed E-state index contributed by atoms with van der Waals surface area (Å²) in [7, 11) is 0. The van der Waals surface area contributed by atoms with Crippen LogP contribution < -0.4 is 11.1 Å². The molecule has 2 rings (SSSR count). The fraction of sp³-hybridized carbons (Fsp3) is 0.667. The largest absolute Gasteiger partial charge is 0.347 e. The average Bonchev–Trinajstić information content (AvgIpc) is 2.96. The van der Waals surface area contributed by atoms with Crippen LogP contribution in [0.2, 0.25) is 0 Å². The molecule has 1 heterocycles. The molecule has 3 N–H and O–H groups in total. The van der Waals surface area contributed by atoms with Crippen molar-refractivity contribution in [2.24, 2.45) is 11.7 Å². The predicted octanol–water partition coefficient (Wildman–Crippen LogP) is 2.68. The normalized spacial score (nSPS) is 23.1. The highest BCUT2D eigenvalue weighted by Crippen LogP contribution is 2.26. The Kier molecular flexibility index (Phi) is 8.57. The number of nitrogens with one attached hydrogen (secondary N) is 1. The van der Waals surface area contributed by atoms with Gasteiger partial charge in [0, 0.05) is 17.6 Å². The number of nitrogens with two attached hydrogens (primary N) is 1. The summed E-state index contributed by atoms with van der Waals surface area (Å²) in [4.78, 5) is 16.4. The Morgan fingerprint density at radius 2 is 2.32 bits per heavy atom. The van der Waals surface area contributed by atoms with Crippen LogP contribution in [0, 0.1) is 5.92 Å². The second kappa shape index (κ2) is 8.74. The zero-order valence-electron chi connectivity index (χ0n) is 10.9. The standard InChI is InChI=1S/C12H19N3OS.2ClH/c1-2-10(12-14-6-7-17-12)15-11(16)8-4-3-5-9(8)13;;/h6-10H,2-5,13H2,1H3,(H,15,16);2*1H. The molecule has 0 aliphatic heterocycles. The molecule has 3 unspecified atom stereocenters. The topological polar surface area (TPSA) is 68.0 Å². The van der Waals surface area contributed by atoms with Crippen molar-refractivity contribution in [3.8, 4) is 0 Å². The number of nitrogens with zero attached hydrogens (tertiary/aromatic N) is 1. The summed E-state index contributed by atoms with van der Waals surface area (Å²) in [6, 6.07) is 0.0686. The zero-order valence-corrected chi connectivity index (χ0v) is 13.3. The lowest BCUT2D eigenvalue weighted by Gasteiger charge is -2.20. The molecular formula is C12H21Cl2N3OS. The lowest BCUT2D eigenvalue weighted by Crippen LogP contribution is -2.40. The van der Waals surface area contributed by atoms with E-state index in [1.807, 2.05) is 5.38 Å². The number of carbonyl (C=O) groups is 1. The first-order valence-corrected chi connectivity index (χ1v) is 7.05. The molecule has 0 aromatic carbocycles. The van der Waals surface area contributed by atoms with Crippen LogP contribution in [0.25, 0.3) is 0 Å². The second-order valence-electron chi connectivity index (χ2n) is 4.54. The molecule has 1 aliphatic rings. The van der Waals surface area contributed by atoms with E-state index in [-0.39, 0.29) is 48.7 Å². The third-order valence-electron chi connectivity index (χ3n) is 3.38. The maximum atomic E-state index is 12.1. The van der Waals surface area contributed by atoms with Gasteiger partial charge in [-0.2, -0.15) is 0 Å². The van der Waals surface area contributed by atoms with Gasteiger partial charge in [0.15, 0.2) is 0 Å². The first kappa shape index (κ1) is 18.6. The molecular weight excluding hydrogens is 305 g/mol. The summed E-state index contributed by atoms with van der Waals surface area (Å²) < 4.78 is 0. The van der Waals surface area contributed by atoms with E-state index in [1.165, 1.54) is 0 Å². The number of halogens is 2. The zero-order chi connectivity index (χ0) is 12.3. The maximum absolute atomic E-state index is 12.1. The van der Waals surface area contributed by atoms with E-state index in [4.69, 9.17) is 5.73 Å². The number of hydrogen-bond donors (Lipinski definition) is 2. The molecule has 0 radical (unpaired) electrons. The molecule has 0 saturated heterocycles. The van der Waals surface area contributed by atoms with E-state index in [2.05, 4.69) is 17.2 Å². The maximum Gasteiger partial charge on any atom is 0.225 e. The van der Waals surface area contributed by atoms with Gasteiger partial charge in [0.1, 0.15) is 5.01 Å². The van der Waals surface area contributed by atoms with Crippen LogP contribution in [-0.2, 0) is 4.79 Å². The van der Waals surface area contributed by atoms with Gasteiger partial charge in [-0.15, -0.1) is 36.2 Å². The average molecular weight is 326 g/mol. The van der Waals surface area contributed by atoms with Crippen LogP contribution in [0.3, 0.4) is 0 Å². The van der Waals surface area contributed by atoms with E-state index in [1.54, 1.807) is 17.5 Å². The molecule has 19 heavy (non-hydrogen) atoms. The van der Waals surface area contributed by atoms with Crippen molar-refractivity contribution in [2.45, 2.75) is 44.7 Å². The first-order chi connectivity index (χ1) is 8.22. The van der Waals surface area contributed by atoms with E-state index >= 15 is 0 Å². The van der Waals surface area contributed by atoms with Gasteiger partial charge in [0.25, 0.3) is 0 Å². The molecule has 1 aromatic heterocycles. The molecule has 1 fully saturated rings. The van der Waals surface area contributed by atoms with E-state index < -0.39 is 0 Å². The molecule has 1 saturated carbocycles. The van der Waals surface area contributed by atoms with Crippen LogP contribution in [-0.4, -0.2) is 16.9 Å². The molecule has 1 amide bonds. The van der Waals surface area contributed by atoms with Gasteiger partial charge in [-0.1, -0.05) is 13.3 Å². The summed E-state index contributed by atoms with van der Waals surface area (Å²) >= 11 is 1.58. The number of hydrogen-bond acceptors (Lipinski definition) is 4. The van der Waals surface area contributed by atoms with Crippen molar-refractivity contribution in [2.75, 3.05) is 0 Å².